The molecule has 0 atom stereocenters. The molecule has 10 aromatic rings. The summed E-state index contributed by atoms with van der Waals surface area (Å²) in [7, 11) is 0. The first kappa shape index (κ1) is 31.6. The van der Waals surface area contributed by atoms with Gasteiger partial charge in [-0.15, -0.1) is 0 Å². The van der Waals surface area contributed by atoms with Crippen molar-refractivity contribution in [2.75, 3.05) is 4.90 Å². The molecule has 1 heterocycles. The molecule has 9 aromatic carbocycles. The molecule has 0 saturated heterocycles. The molecule has 2 nitrogen and oxygen atoms in total. The van der Waals surface area contributed by atoms with Crippen LogP contribution in [0.15, 0.2) is 192 Å². The van der Waals surface area contributed by atoms with Crippen molar-refractivity contribution in [3.05, 3.63) is 199 Å². The van der Waals surface area contributed by atoms with Crippen LogP contribution in [0.2, 0.25) is 0 Å². The molecule has 0 radical (unpaired) electrons. The van der Waals surface area contributed by atoms with Crippen LogP contribution < -0.4 is 4.90 Å². The molecule has 0 saturated carbocycles. The van der Waals surface area contributed by atoms with Crippen LogP contribution in [-0.2, 0) is 5.41 Å². The molecule has 260 valence electrons. The van der Waals surface area contributed by atoms with Crippen LogP contribution in [0, 0.1) is 0 Å². The summed E-state index contributed by atoms with van der Waals surface area (Å²) in [5, 5.41) is 7.16. The number of hydrogen-bond donors (Lipinski definition) is 0. The number of anilines is 3. The molecule has 0 unspecified atom stereocenters. The highest BCUT2D eigenvalue weighted by atomic mass is 16.3. The van der Waals surface area contributed by atoms with Crippen molar-refractivity contribution in [2.45, 2.75) is 19.3 Å². The van der Waals surface area contributed by atoms with E-state index in [1.54, 1.807) is 0 Å². The maximum absolute atomic E-state index is 6.43. The maximum atomic E-state index is 6.43. The largest absolute Gasteiger partial charge is 0.456 e. The average Bonchev–Trinajstić information content (AvgIpc) is 3.73. The molecule has 2 heteroatoms. The van der Waals surface area contributed by atoms with Crippen molar-refractivity contribution < 1.29 is 4.42 Å². The van der Waals surface area contributed by atoms with Crippen LogP contribution in [0.25, 0.3) is 76.9 Å². The molecule has 55 heavy (non-hydrogen) atoms. The molecule has 1 aliphatic rings. The van der Waals surface area contributed by atoms with Gasteiger partial charge in [0.15, 0.2) is 0 Å². The van der Waals surface area contributed by atoms with Crippen LogP contribution in [-0.4, -0.2) is 0 Å². The third kappa shape index (κ3) is 4.81. The van der Waals surface area contributed by atoms with Crippen molar-refractivity contribution in [3.8, 4) is 33.4 Å². The van der Waals surface area contributed by atoms with E-state index in [0.29, 0.717) is 0 Å². The van der Waals surface area contributed by atoms with E-state index in [0.717, 1.165) is 44.6 Å². The fourth-order valence-corrected chi connectivity index (χ4v) is 9.26. The predicted molar refractivity (Wildman–Crippen MR) is 232 cm³/mol. The van der Waals surface area contributed by atoms with Gasteiger partial charge < -0.3 is 9.32 Å². The van der Waals surface area contributed by atoms with E-state index in [4.69, 9.17) is 4.42 Å². The Bertz CT molecular complexity index is 3140. The fraction of sp³-hybridized carbons (Fsp3) is 0.0566. The second kappa shape index (κ2) is 12.1. The zero-order valence-electron chi connectivity index (χ0n) is 30.8. The van der Waals surface area contributed by atoms with Crippen molar-refractivity contribution in [1.82, 2.24) is 0 Å². The van der Waals surface area contributed by atoms with Gasteiger partial charge in [-0.3, -0.25) is 0 Å². The van der Waals surface area contributed by atoms with E-state index in [-0.39, 0.29) is 5.41 Å². The molecule has 0 spiro atoms. The quantitative estimate of drug-likeness (QED) is 0.177. The highest BCUT2D eigenvalue weighted by Crippen LogP contribution is 2.52. The van der Waals surface area contributed by atoms with E-state index >= 15 is 0 Å². The van der Waals surface area contributed by atoms with Gasteiger partial charge in [0.1, 0.15) is 11.2 Å². The zero-order valence-corrected chi connectivity index (χ0v) is 30.8. The van der Waals surface area contributed by atoms with Crippen molar-refractivity contribution in [1.29, 1.82) is 0 Å². The highest BCUT2D eigenvalue weighted by Gasteiger charge is 2.36. The first-order valence-electron chi connectivity index (χ1n) is 19.1. The topological polar surface area (TPSA) is 16.4 Å². The lowest BCUT2D eigenvalue weighted by atomic mass is 9.82. The number of hydrogen-bond acceptors (Lipinski definition) is 2. The van der Waals surface area contributed by atoms with Gasteiger partial charge in [-0.1, -0.05) is 159 Å². The summed E-state index contributed by atoms with van der Waals surface area (Å²) >= 11 is 0. The first-order chi connectivity index (χ1) is 27.0. The van der Waals surface area contributed by atoms with Gasteiger partial charge in [0, 0.05) is 38.5 Å². The van der Waals surface area contributed by atoms with Gasteiger partial charge in [0.25, 0.3) is 0 Å². The second-order valence-corrected chi connectivity index (χ2v) is 15.3. The highest BCUT2D eigenvalue weighted by molar-refractivity contribution is 6.23. The maximum Gasteiger partial charge on any atom is 0.136 e. The van der Waals surface area contributed by atoms with Gasteiger partial charge in [-0.2, -0.15) is 0 Å². The third-order valence-corrected chi connectivity index (χ3v) is 11.8. The van der Waals surface area contributed by atoms with Crippen molar-refractivity contribution in [2.24, 2.45) is 0 Å². The summed E-state index contributed by atoms with van der Waals surface area (Å²) in [6.07, 6.45) is 0. The Morgan fingerprint density at radius 1 is 0.400 bits per heavy atom. The Morgan fingerprint density at radius 2 is 1.05 bits per heavy atom. The molecule has 0 amide bonds. The Hall–Kier alpha value is -6.90. The molecule has 0 fully saturated rings. The van der Waals surface area contributed by atoms with E-state index < -0.39 is 0 Å². The predicted octanol–water partition coefficient (Wildman–Crippen LogP) is 15.0. The van der Waals surface area contributed by atoms with Gasteiger partial charge >= 0.3 is 0 Å². The number of benzene rings is 9. The Labute approximate surface area is 320 Å². The minimum absolute atomic E-state index is 0.137. The van der Waals surface area contributed by atoms with Gasteiger partial charge in [-0.25, -0.2) is 0 Å². The van der Waals surface area contributed by atoms with Crippen LogP contribution in [0.1, 0.15) is 25.0 Å². The molecule has 1 aliphatic carbocycles. The van der Waals surface area contributed by atoms with Gasteiger partial charge in [0.05, 0.1) is 5.69 Å². The van der Waals surface area contributed by atoms with E-state index in [1.165, 1.54) is 60.5 Å². The standard InChI is InChI=1S/C53H37NO/c1-53(2)46-25-8-5-20-41(46)42-30-29-38(33-47(42)53)54(37-18-11-17-36(32-37)40-23-12-15-34-14-3-4-19-39(34)40)48-26-9-6-21-43(48)44-24-13-16-35-28-31-50-52(51(35)44)45-22-7-10-27-49(45)55-50/h3-33H,1-2H3. The lowest BCUT2D eigenvalue weighted by molar-refractivity contribution is 0.660. The minimum Gasteiger partial charge on any atom is -0.456 e. The van der Waals surface area contributed by atoms with E-state index in [9.17, 15) is 0 Å². The molecular weight excluding hydrogens is 667 g/mol. The summed E-state index contributed by atoms with van der Waals surface area (Å²) in [6, 6.07) is 68.5. The molecular formula is C53H37NO. The summed E-state index contributed by atoms with van der Waals surface area (Å²) in [5.41, 5.74) is 15.1. The zero-order chi connectivity index (χ0) is 36.7. The van der Waals surface area contributed by atoms with Crippen LogP contribution in [0.5, 0.6) is 0 Å². The van der Waals surface area contributed by atoms with Gasteiger partial charge in [-0.05, 0) is 97.6 Å². The molecule has 11 rings (SSSR count). The number of para-hydroxylation sites is 2. The Morgan fingerprint density at radius 3 is 1.96 bits per heavy atom. The Kier molecular flexibility index (Phi) is 6.93. The summed E-state index contributed by atoms with van der Waals surface area (Å²) in [5.74, 6) is 0. The Balaban J connectivity index is 1.18. The normalized spacial score (nSPS) is 13.1. The summed E-state index contributed by atoms with van der Waals surface area (Å²) in [6.45, 7) is 4.72. The van der Waals surface area contributed by atoms with Crippen LogP contribution in [0.4, 0.5) is 17.1 Å². The second-order valence-electron chi connectivity index (χ2n) is 15.3. The number of rotatable bonds is 5. The summed E-state index contributed by atoms with van der Waals surface area (Å²) in [4.78, 5) is 2.47. The first-order valence-corrected chi connectivity index (χ1v) is 19.1. The minimum atomic E-state index is -0.137. The van der Waals surface area contributed by atoms with E-state index in [1.807, 2.05) is 6.07 Å². The molecule has 0 aliphatic heterocycles. The van der Waals surface area contributed by atoms with Crippen molar-refractivity contribution in [3.63, 3.8) is 0 Å². The average molecular weight is 704 g/mol. The molecule has 1 aromatic heterocycles. The van der Waals surface area contributed by atoms with Gasteiger partial charge in [0.2, 0.25) is 0 Å². The third-order valence-electron chi connectivity index (χ3n) is 11.8. The SMILES string of the molecule is CC1(C)c2ccccc2-c2ccc(N(c3cccc(-c4cccc5ccccc45)c3)c3ccccc3-c3cccc4ccc5oc6ccccc6c5c34)cc21. The van der Waals surface area contributed by atoms with Crippen LogP contribution >= 0.6 is 0 Å². The number of nitrogens with zero attached hydrogens (tertiary/aromatic N) is 1. The number of furan rings is 1. The molecule has 0 N–H and O–H groups in total. The monoisotopic (exact) mass is 703 g/mol. The van der Waals surface area contributed by atoms with Crippen LogP contribution in [0.3, 0.4) is 0 Å². The number of fused-ring (bicyclic) bond motifs is 9. The summed E-state index contributed by atoms with van der Waals surface area (Å²) < 4.78 is 6.43. The van der Waals surface area contributed by atoms with E-state index in [2.05, 4.69) is 201 Å². The molecule has 0 bridgehead atoms. The lowest BCUT2D eigenvalue weighted by Crippen LogP contribution is -2.17. The van der Waals surface area contributed by atoms with Crippen molar-refractivity contribution >= 4 is 60.5 Å². The fourth-order valence-electron chi connectivity index (χ4n) is 9.26. The lowest BCUT2D eigenvalue weighted by Gasteiger charge is -2.30. The smallest absolute Gasteiger partial charge is 0.136 e.